The van der Waals surface area contributed by atoms with E-state index in [1.807, 2.05) is 59.5 Å². The fourth-order valence-electron chi connectivity index (χ4n) is 6.32. The van der Waals surface area contributed by atoms with Crippen LogP contribution in [0.25, 0.3) is 0 Å². The van der Waals surface area contributed by atoms with Crippen molar-refractivity contribution in [1.82, 2.24) is 9.80 Å². The highest BCUT2D eigenvalue weighted by molar-refractivity contribution is 6.01. The van der Waals surface area contributed by atoms with Gasteiger partial charge in [0.2, 0.25) is 11.8 Å². The molecule has 2 aliphatic heterocycles. The first kappa shape index (κ1) is 24.5. The first-order chi connectivity index (χ1) is 17.5. The quantitative estimate of drug-likeness (QED) is 0.647. The van der Waals surface area contributed by atoms with Gasteiger partial charge >= 0.3 is 0 Å². The van der Waals surface area contributed by atoms with Crippen molar-refractivity contribution in [1.29, 1.82) is 0 Å². The lowest BCUT2D eigenvalue weighted by Gasteiger charge is -2.33. The zero-order valence-electron chi connectivity index (χ0n) is 20.8. The number of hydrogen-bond acceptors (Lipinski definition) is 4. The number of likely N-dealkylation sites (tertiary alicyclic amines) is 2. The fraction of sp³-hybridized carbons (Fsp3) is 0.483. The average Bonchev–Trinajstić information content (AvgIpc) is 3.30. The molecular formula is C29H36N4O3. The summed E-state index contributed by atoms with van der Waals surface area (Å²) in [5.74, 6) is -0.0605. The highest BCUT2D eigenvalue weighted by Crippen LogP contribution is 2.41. The number of amides is 3. The highest BCUT2D eigenvalue weighted by atomic mass is 16.2. The monoisotopic (exact) mass is 488 g/mol. The van der Waals surface area contributed by atoms with Crippen LogP contribution in [0.5, 0.6) is 0 Å². The second-order valence-corrected chi connectivity index (χ2v) is 10.6. The number of primary amides is 1. The van der Waals surface area contributed by atoms with Crippen molar-refractivity contribution in [2.24, 2.45) is 17.6 Å². The summed E-state index contributed by atoms with van der Waals surface area (Å²) in [6, 6.07) is 16.9. The van der Waals surface area contributed by atoms with Crippen molar-refractivity contribution in [3.63, 3.8) is 0 Å². The Bertz CT molecular complexity index is 1090. The second kappa shape index (κ2) is 10.8. The van der Waals surface area contributed by atoms with Crippen molar-refractivity contribution in [3.8, 4) is 0 Å². The Labute approximate surface area is 213 Å². The van der Waals surface area contributed by atoms with Crippen molar-refractivity contribution >= 4 is 23.4 Å². The van der Waals surface area contributed by atoms with Crippen molar-refractivity contribution < 1.29 is 14.4 Å². The largest absolute Gasteiger partial charge is 0.369 e. The molecule has 3 N–H and O–H groups in total. The maximum absolute atomic E-state index is 13.5. The molecule has 4 atom stereocenters. The molecule has 5 rings (SSSR count). The van der Waals surface area contributed by atoms with Gasteiger partial charge in [-0.3, -0.25) is 19.3 Å². The molecule has 2 aromatic rings. The van der Waals surface area contributed by atoms with Crippen molar-refractivity contribution in [2.45, 2.75) is 63.6 Å². The molecule has 3 amide bonds. The standard InChI is InChI=1S/C29H36N4O3/c30-27(34)23-10-6-16-32(19-23)18-20-12-14-24(15-13-20)31-28(35)26-17-22-9-4-5-11-25(22)33(26)29(36)21-7-2-1-3-8-21/h1-3,7-8,12-15,22-23,25-26H,4-6,9-11,16-19H2,(H2,30,34)(H,31,35). The van der Waals surface area contributed by atoms with Gasteiger partial charge in [-0.05, 0) is 74.4 Å². The molecule has 2 saturated heterocycles. The van der Waals surface area contributed by atoms with Crippen LogP contribution in [0.4, 0.5) is 5.69 Å². The molecule has 7 heteroatoms. The zero-order chi connectivity index (χ0) is 25.1. The van der Waals surface area contributed by atoms with Gasteiger partial charge in [0.25, 0.3) is 5.91 Å². The number of carbonyl (C=O) groups excluding carboxylic acids is 3. The molecule has 1 saturated carbocycles. The van der Waals surface area contributed by atoms with E-state index in [9.17, 15) is 14.4 Å². The molecule has 3 fully saturated rings. The van der Waals surface area contributed by atoms with Gasteiger partial charge in [0, 0.05) is 30.4 Å². The van der Waals surface area contributed by atoms with E-state index in [0.717, 1.165) is 62.9 Å². The molecule has 2 heterocycles. The van der Waals surface area contributed by atoms with Gasteiger partial charge in [-0.1, -0.05) is 43.2 Å². The molecule has 36 heavy (non-hydrogen) atoms. The van der Waals surface area contributed by atoms with Gasteiger partial charge in [-0.25, -0.2) is 0 Å². The molecule has 0 spiro atoms. The summed E-state index contributed by atoms with van der Waals surface area (Å²) < 4.78 is 0. The number of benzene rings is 2. The van der Waals surface area contributed by atoms with Crippen LogP contribution in [0, 0.1) is 11.8 Å². The van der Waals surface area contributed by atoms with E-state index in [1.165, 1.54) is 6.42 Å². The lowest BCUT2D eigenvalue weighted by molar-refractivity contribution is -0.123. The predicted molar refractivity (Wildman–Crippen MR) is 139 cm³/mol. The molecule has 1 aliphatic carbocycles. The minimum atomic E-state index is -0.454. The Morgan fingerprint density at radius 3 is 2.42 bits per heavy atom. The van der Waals surface area contributed by atoms with Gasteiger partial charge in [-0.2, -0.15) is 0 Å². The maximum Gasteiger partial charge on any atom is 0.254 e. The number of anilines is 1. The summed E-state index contributed by atoms with van der Waals surface area (Å²) in [6.45, 7) is 2.41. The number of fused-ring (bicyclic) bond motifs is 1. The van der Waals surface area contributed by atoms with Crippen LogP contribution in [0.2, 0.25) is 0 Å². The summed E-state index contributed by atoms with van der Waals surface area (Å²) >= 11 is 0. The van der Waals surface area contributed by atoms with Crippen LogP contribution < -0.4 is 11.1 Å². The summed E-state index contributed by atoms with van der Waals surface area (Å²) in [4.78, 5) is 42.6. The van der Waals surface area contributed by atoms with Crippen LogP contribution >= 0.6 is 0 Å². The van der Waals surface area contributed by atoms with Crippen LogP contribution in [0.1, 0.15) is 60.9 Å². The third kappa shape index (κ3) is 5.31. The number of nitrogens with two attached hydrogens (primary N) is 1. The average molecular weight is 489 g/mol. The smallest absolute Gasteiger partial charge is 0.254 e. The molecule has 0 radical (unpaired) electrons. The molecule has 4 unspecified atom stereocenters. The molecule has 7 nitrogen and oxygen atoms in total. The van der Waals surface area contributed by atoms with Gasteiger partial charge in [0.05, 0.1) is 5.92 Å². The zero-order valence-corrected chi connectivity index (χ0v) is 20.8. The normalized spacial score (nSPS) is 26.3. The Kier molecular flexibility index (Phi) is 7.37. The first-order valence-corrected chi connectivity index (χ1v) is 13.3. The summed E-state index contributed by atoms with van der Waals surface area (Å²) in [7, 11) is 0. The van der Waals surface area contributed by atoms with Gasteiger partial charge in [-0.15, -0.1) is 0 Å². The maximum atomic E-state index is 13.5. The Hall–Kier alpha value is -3.19. The number of rotatable bonds is 6. The van der Waals surface area contributed by atoms with Crippen LogP contribution in [-0.4, -0.2) is 52.7 Å². The molecule has 3 aliphatic rings. The Morgan fingerprint density at radius 2 is 1.67 bits per heavy atom. The van der Waals surface area contributed by atoms with E-state index in [0.29, 0.717) is 18.0 Å². The van der Waals surface area contributed by atoms with Gasteiger partial charge in [0.1, 0.15) is 6.04 Å². The molecule has 190 valence electrons. The van der Waals surface area contributed by atoms with E-state index in [1.54, 1.807) is 0 Å². The summed E-state index contributed by atoms with van der Waals surface area (Å²) in [5.41, 5.74) is 8.02. The second-order valence-electron chi connectivity index (χ2n) is 10.6. The summed E-state index contributed by atoms with van der Waals surface area (Å²) in [5, 5.41) is 3.08. The molecule has 2 aromatic carbocycles. The van der Waals surface area contributed by atoms with Crippen molar-refractivity contribution in [2.75, 3.05) is 18.4 Å². The predicted octanol–water partition coefficient (Wildman–Crippen LogP) is 3.80. The minimum Gasteiger partial charge on any atom is -0.369 e. The number of hydrogen-bond donors (Lipinski definition) is 2. The van der Waals surface area contributed by atoms with Crippen LogP contribution in [0.15, 0.2) is 54.6 Å². The number of piperidine rings is 1. The van der Waals surface area contributed by atoms with E-state index in [4.69, 9.17) is 5.73 Å². The van der Waals surface area contributed by atoms with E-state index in [2.05, 4.69) is 10.2 Å². The Balaban J connectivity index is 1.25. The third-order valence-electron chi connectivity index (χ3n) is 8.18. The van der Waals surface area contributed by atoms with Gasteiger partial charge in [0.15, 0.2) is 0 Å². The fourth-order valence-corrected chi connectivity index (χ4v) is 6.32. The first-order valence-electron chi connectivity index (χ1n) is 13.3. The number of nitrogens with zero attached hydrogens (tertiary/aromatic N) is 2. The van der Waals surface area contributed by atoms with Crippen LogP contribution in [0.3, 0.4) is 0 Å². The molecular weight excluding hydrogens is 452 g/mol. The SMILES string of the molecule is NC(=O)C1CCCN(Cc2ccc(NC(=O)C3CC4CCCCC4N3C(=O)c3ccccc3)cc2)C1. The number of carbonyl (C=O) groups is 3. The van der Waals surface area contributed by atoms with E-state index in [-0.39, 0.29) is 29.7 Å². The van der Waals surface area contributed by atoms with E-state index >= 15 is 0 Å². The van der Waals surface area contributed by atoms with E-state index < -0.39 is 6.04 Å². The Morgan fingerprint density at radius 1 is 0.917 bits per heavy atom. The highest BCUT2D eigenvalue weighted by Gasteiger charge is 2.47. The minimum absolute atomic E-state index is 0.0451. The lowest BCUT2D eigenvalue weighted by atomic mass is 9.84. The molecule has 0 aromatic heterocycles. The topological polar surface area (TPSA) is 95.7 Å². The lowest BCUT2D eigenvalue weighted by Crippen LogP contribution is -2.47. The third-order valence-corrected chi connectivity index (χ3v) is 8.18. The van der Waals surface area contributed by atoms with Crippen molar-refractivity contribution in [3.05, 3.63) is 65.7 Å². The van der Waals surface area contributed by atoms with Gasteiger partial charge < -0.3 is 16.0 Å². The molecule has 0 bridgehead atoms. The number of nitrogens with one attached hydrogen (secondary N) is 1. The summed E-state index contributed by atoms with van der Waals surface area (Å²) in [6.07, 6.45) is 6.88. The van der Waals surface area contributed by atoms with Crippen LogP contribution in [-0.2, 0) is 16.1 Å².